The molecule has 1 aliphatic heterocycles. The number of carboxylic acids is 1. The summed E-state index contributed by atoms with van der Waals surface area (Å²) >= 11 is 0. The predicted octanol–water partition coefficient (Wildman–Crippen LogP) is 1.81. The quantitative estimate of drug-likeness (QED) is 0.778. The lowest BCUT2D eigenvalue weighted by atomic mass is 9.97. The van der Waals surface area contributed by atoms with Crippen LogP contribution in [0, 0.1) is 12.8 Å². The molecule has 126 valence electrons. The maximum absolute atomic E-state index is 11.1. The Kier molecular flexibility index (Phi) is 4.45. The lowest BCUT2D eigenvalue weighted by Crippen LogP contribution is -2.37. The molecule has 3 rings (SSSR count). The van der Waals surface area contributed by atoms with Gasteiger partial charge in [0.15, 0.2) is 11.6 Å². The zero-order chi connectivity index (χ0) is 17.1. The van der Waals surface area contributed by atoms with Gasteiger partial charge in [-0.3, -0.25) is 4.79 Å². The number of aromatic nitrogens is 3. The van der Waals surface area contributed by atoms with E-state index in [1.165, 1.54) is 6.33 Å². The number of hydrogen-bond donors (Lipinski definition) is 3. The molecular formula is C16H20N6O2. The zero-order valence-corrected chi connectivity index (χ0v) is 13.4. The summed E-state index contributed by atoms with van der Waals surface area (Å²) in [6, 6.07) is 5.65. The number of nitrogens with one attached hydrogen (secondary N) is 1. The molecule has 0 aliphatic carbocycles. The summed E-state index contributed by atoms with van der Waals surface area (Å²) in [6.45, 7) is 3.13. The number of nitrogens with two attached hydrogens (primary N) is 1. The molecule has 0 aromatic carbocycles. The van der Waals surface area contributed by atoms with Gasteiger partial charge in [-0.1, -0.05) is 6.07 Å². The van der Waals surface area contributed by atoms with Gasteiger partial charge >= 0.3 is 5.97 Å². The van der Waals surface area contributed by atoms with Crippen molar-refractivity contribution in [2.45, 2.75) is 19.8 Å². The van der Waals surface area contributed by atoms with Crippen LogP contribution in [-0.2, 0) is 4.79 Å². The molecule has 0 atom stereocenters. The molecule has 0 spiro atoms. The topological polar surface area (TPSA) is 117 Å². The minimum absolute atomic E-state index is 0.293. The van der Waals surface area contributed by atoms with Crippen molar-refractivity contribution < 1.29 is 9.90 Å². The highest BCUT2D eigenvalue weighted by molar-refractivity contribution is 5.78. The fourth-order valence-corrected chi connectivity index (χ4v) is 2.81. The zero-order valence-electron chi connectivity index (χ0n) is 13.4. The van der Waals surface area contributed by atoms with Gasteiger partial charge in [-0.05, 0) is 31.9 Å². The average Bonchev–Trinajstić information content (AvgIpc) is 2.57. The highest BCUT2D eigenvalue weighted by Crippen LogP contribution is 2.30. The first-order valence-electron chi connectivity index (χ1n) is 7.83. The third-order valence-corrected chi connectivity index (χ3v) is 4.14. The predicted molar refractivity (Wildman–Crippen MR) is 91.3 cm³/mol. The number of nitrogen functional groups attached to an aromatic ring is 1. The Morgan fingerprint density at radius 1 is 1.33 bits per heavy atom. The number of aliphatic carboxylic acids is 1. The number of anilines is 4. The van der Waals surface area contributed by atoms with Crippen LogP contribution in [-0.4, -0.2) is 39.1 Å². The van der Waals surface area contributed by atoms with Crippen LogP contribution in [0.5, 0.6) is 0 Å². The Morgan fingerprint density at radius 2 is 2.08 bits per heavy atom. The third-order valence-electron chi connectivity index (χ3n) is 4.14. The first-order valence-corrected chi connectivity index (χ1v) is 7.83. The molecule has 1 aliphatic rings. The van der Waals surface area contributed by atoms with E-state index in [2.05, 4.69) is 20.3 Å². The number of aryl methyl sites for hydroxylation is 1. The van der Waals surface area contributed by atoms with Gasteiger partial charge in [-0.25, -0.2) is 15.0 Å². The Hall–Kier alpha value is -2.90. The van der Waals surface area contributed by atoms with Crippen molar-refractivity contribution in [3.05, 3.63) is 30.2 Å². The molecule has 3 heterocycles. The van der Waals surface area contributed by atoms with Gasteiger partial charge in [0.1, 0.15) is 17.8 Å². The van der Waals surface area contributed by atoms with E-state index in [0.29, 0.717) is 49.1 Å². The van der Waals surface area contributed by atoms with Crippen molar-refractivity contribution in [3.63, 3.8) is 0 Å². The summed E-state index contributed by atoms with van der Waals surface area (Å²) in [7, 11) is 0. The summed E-state index contributed by atoms with van der Waals surface area (Å²) in [5.41, 5.74) is 7.55. The summed E-state index contributed by atoms with van der Waals surface area (Å²) in [4.78, 5) is 25.9. The normalized spacial score (nSPS) is 15.3. The van der Waals surface area contributed by atoms with Crippen LogP contribution in [0.1, 0.15) is 18.5 Å². The van der Waals surface area contributed by atoms with Crippen LogP contribution in [0.4, 0.5) is 23.1 Å². The first kappa shape index (κ1) is 16.0. The summed E-state index contributed by atoms with van der Waals surface area (Å²) < 4.78 is 0. The maximum Gasteiger partial charge on any atom is 0.306 e. The number of hydrogen-bond acceptors (Lipinski definition) is 7. The number of nitrogens with zero attached hydrogens (tertiary/aromatic N) is 4. The van der Waals surface area contributed by atoms with Crippen molar-refractivity contribution in [1.29, 1.82) is 0 Å². The van der Waals surface area contributed by atoms with Gasteiger partial charge in [0.25, 0.3) is 0 Å². The molecule has 0 bridgehead atoms. The summed E-state index contributed by atoms with van der Waals surface area (Å²) in [5, 5.41) is 12.2. The number of rotatable bonds is 4. The van der Waals surface area contributed by atoms with Crippen molar-refractivity contribution in [1.82, 2.24) is 15.0 Å². The Bertz CT molecular complexity index is 743. The van der Waals surface area contributed by atoms with Crippen LogP contribution in [0.15, 0.2) is 24.5 Å². The first-order chi connectivity index (χ1) is 11.5. The van der Waals surface area contributed by atoms with Crippen LogP contribution >= 0.6 is 0 Å². The van der Waals surface area contributed by atoms with E-state index in [1.807, 2.05) is 30.0 Å². The molecule has 8 nitrogen and oxygen atoms in total. The number of carboxylic acid groups (broad SMARTS) is 1. The van der Waals surface area contributed by atoms with Crippen LogP contribution in [0.2, 0.25) is 0 Å². The van der Waals surface area contributed by atoms with E-state index in [4.69, 9.17) is 10.8 Å². The fourth-order valence-electron chi connectivity index (χ4n) is 2.81. The van der Waals surface area contributed by atoms with Gasteiger partial charge in [0.2, 0.25) is 0 Å². The molecule has 0 unspecified atom stereocenters. The standard InChI is InChI=1S/C16H20N6O2/c1-10-3-2-4-12(20-10)21-14-13(17)15(19-9-18-14)22-7-5-11(6-8-22)16(23)24/h2-4,9,11H,5-8,17H2,1H3,(H,23,24)(H,18,19,20,21). The fraction of sp³-hybridized carbons (Fsp3) is 0.375. The number of pyridine rings is 1. The molecule has 4 N–H and O–H groups in total. The second-order valence-corrected chi connectivity index (χ2v) is 5.85. The largest absolute Gasteiger partial charge is 0.481 e. The molecule has 0 amide bonds. The monoisotopic (exact) mass is 328 g/mol. The maximum atomic E-state index is 11.1. The lowest BCUT2D eigenvalue weighted by Gasteiger charge is -2.31. The van der Waals surface area contributed by atoms with E-state index in [0.717, 1.165) is 5.69 Å². The van der Waals surface area contributed by atoms with Gasteiger partial charge in [-0.2, -0.15) is 0 Å². The second kappa shape index (κ2) is 6.69. The summed E-state index contributed by atoms with van der Waals surface area (Å²) in [5.74, 6) is 0.759. The Labute approximate surface area is 139 Å². The van der Waals surface area contributed by atoms with Crippen molar-refractivity contribution in [3.8, 4) is 0 Å². The third kappa shape index (κ3) is 3.37. The van der Waals surface area contributed by atoms with Crippen molar-refractivity contribution >= 4 is 29.1 Å². The smallest absolute Gasteiger partial charge is 0.306 e. The van der Waals surface area contributed by atoms with Gasteiger partial charge < -0.3 is 21.1 Å². The van der Waals surface area contributed by atoms with E-state index in [1.54, 1.807) is 0 Å². The molecular weight excluding hydrogens is 308 g/mol. The molecule has 1 saturated heterocycles. The highest BCUT2D eigenvalue weighted by Gasteiger charge is 2.26. The molecule has 2 aromatic heterocycles. The van der Waals surface area contributed by atoms with Gasteiger partial charge in [0.05, 0.1) is 5.92 Å². The minimum atomic E-state index is -0.738. The Morgan fingerprint density at radius 3 is 2.75 bits per heavy atom. The molecule has 1 fully saturated rings. The molecule has 8 heteroatoms. The Balaban J connectivity index is 1.78. The number of piperidine rings is 1. The number of carbonyl (C=O) groups is 1. The van der Waals surface area contributed by atoms with E-state index in [9.17, 15) is 4.79 Å². The summed E-state index contributed by atoms with van der Waals surface area (Å²) in [6.07, 6.45) is 2.62. The van der Waals surface area contributed by atoms with E-state index >= 15 is 0 Å². The van der Waals surface area contributed by atoms with Crippen molar-refractivity contribution in [2.75, 3.05) is 29.0 Å². The SMILES string of the molecule is Cc1cccc(Nc2ncnc(N3CCC(C(=O)O)CC3)c2N)n1. The molecule has 0 radical (unpaired) electrons. The highest BCUT2D eigenvalue weighted by atomic mass is 16.4. The average molecular weight is 328 g/mol. The van der Waals surface area contributed by atoms with Crippen LogP contribution in [0.25, 0.3) is 0 Å². The van der Waals surface area contributed by atoms with E-state index < -0.39 is 5.97 Å². The van der Waals surface area contributed by atoms with E-state index in [-0.39, 0.29) is 5.92 Å². The molecule has 0 saturated carbocycles. The van der Waals surface area contributed by atoms with Crippen molar-refractivity contribution in [2.24, 2.45) is 5.92 Å². The van der Waals surface area contributed by atoms with Gasteiger partial charge in [-0.15, -0.1) is 0 Å². The van der Waals surface area contributed by atoms with Gasteiger partial charge in [0, 0.05) is 18.8 Å². The van der Waals surface area contributed by atoms with Crippen LogP contribution < -0.4 is 16.0 Å². The van der Waals surface area contributed by atoms with Crippen LogP contribution in [0.3, 0.4) is 0 Å². The lowest BCUT2D eigenvalue weighted by molar-refractivity contribution is -0.142. The minimum Gasteiger partial charge on any atom is -0.481 e. The molecule has 24 heavy (non-hydrogen) atoms. The second-order valence-electron chi connectivity index (χ2n) is 5.85. The molecule has 2 aromatic rings.